The molecule has 0 aliphatic heterocycles. The molecule has 42 heavy (non-hydrogen) atoms. The number of ether oxygens (including phenoxy) is 1. The fraction of sp³-hybridized carbons (Fsp3) is 0.316. The van der Waals surface area contributed by atoms with Gasteiger partial charge < -0.3 is 10.1 Å². The van der Waals surface area contributed by atoms with Crippen LogP contribution in [-0.4, -0.2) is 25.0 Å². The van der Waals surface area contributed by atoms with Crippen molar-refractivity contribution in [3.05, 3.63) is 144 Å². The Morgan fingerprint density at radius 1 is 0.690 bits per heavy atom. The van der Waals surface area contributed by atoms with Gasteiger partial charge in [-0.2, -0.15) is 0 Å². The van der Waals surface area contributed by atoms with E-state index in [9.17, 15) is 9.59 Å². The van der Waals surface area contributed by atoms with Crippen molar-refractivity contribution in [3.8, 4) is 0 Å². The number of nitrogens with one attached hydrogen (secondary N) is 1. The third kappa shape index (κ3) is 17.5. The van der Waals surface area contributed by atoms with Gasteiger partial charge in [-0.3, -0.25) is 4.79 Å². The van der Waals surface area contributed by atoms with Crippen LogP contribution in [0.1, 0.15) is 79.8 Å². The van der Waals surface area contributed by atoms with Gasteiger partial charge in [0.15, 0.2) is 0 Å². The molecular weight excluding hydrogens is 518 g/mol. The molecule has 4 nitrogen and oxygen atoms in total. The maximum Gasteiger partial charge on any atom is 0.338 e. The van der Waals surface area contributed by atoms with Crippen molar-refractivity contribution in [2.24, 2.45) is 0 Å². The summed E-state index contributed by atoms with van der Waals surface area (Å²) < 4.78 is 5.31. The lowest BCUT2D eigenvalue weighted by Crippen LogP contribution is -2.26. The Labute approximate surface area is 253 Å². The molecule has 0 atom stereocenters. The normalized spacial score (nSPS) is 12.1. The minimum atomic E-state index is -0.399. The SMILES string of the molecule is CCCCCCCCCC=CC=CC=CC=CC=CC=CC(=O)NCCOC(=O)c1cccc(Cc2ccccc2)c1. The number of allylic oxidation sites excluding steroid dienone is 11. The van der Waals surface area contributed by atoms with Crippen LogP contribution in [-0.2, 0) is 16.0 Å². The highest BCUT2D eigenvalue weighted by atomic mass is 16.5. The van der Waals surface area contributed by atoms with E-state index in [1.54, 1.807) is 18.2 Å². The molecule has 4 heteroatoms. The van der Waals surface area contributed by atoms with E-state index in [4.69, 9.17) is 4.74 Å². The Kier molecular flexibility index (Phi) is 19.1. The molecule has 0 saturated heterocycles. The van der Waals surface area contributed by atoms with Gasteiger partial charge in [-0.1, -0.05) is 155 Å². The summed E-state index contributed by atoms with van der Waals surface area (Å²) in [4.78, 5) is 24.3. The number of carbonyl (C=O) groups excluding carboxylic acids is 2. The summed E-state index contributed by atoms with van der Waals surface area (Å²) >= 11 is 0. The molecule has 0 fully saturated rings. The smallest absolute Gasteiger partial charge is 0.338 e. The number of hydrogen-bond donors (Lipinski definition) is 1. The van der Waals surface area contributed by atoms with Gasteiger partial charge in [-0.25, -0.2) is 4.79 Å². The zero-order chi connectivity index (χ0) is 29.9. The van der Waals surface area contributed by atoms with E-state index in [0.717, 1.165) is 18.4 Å². The minimum absolute atomic E-state index is 0.107. The zero-order valence-electron chi connectivity index (χ0n) is 25.1. The number of carbonyl (C=O) groups is 2. The third-order valence-corrected chi connectivity index (χ3v) is 6.41. The molecule has 2 rings (SSSR count). The van der Waals surface area contributed by atoms with Crippen molar-refractivity contribution in [1.82, 2.24) is 5.32 Å². The van der Waals surface area contributed by atoms with Gasteiger partial charge >= 0.3 is 5.97 Å². The molecule has 0 aromatic heterocycles. The molecule has 0 aliphatic carbocycles. The largest absolute Gasteiger partial charge is 0.460 e. The van der Waals surface area contributed by atoms with Crippen LogP contribution in [0.3, 0.4) is 0 Å². The van der Waals surface area contributed by atoms with E-state index in [2.05, 4.69) is 36.5 Å². The Morgan fingerprint density at radius 2 is 1.31 bits per heavy atom. The number of hydrogen-bond acceptors (Lipinski definition) is 3. The fourth-order valence-electron chi connectivity index (χ4n) is 4.15. The van der Waals surface area contributed by atoms with Gasteiger partial charge in [0.1, 0.15) is 6.61 Å². The molecule has 1 N–H and O–H groups in total. The lowest BCUT2D eigenvalue weighted by atomic mass is 10.0. The second kappa shape index (κ2) is 23.5. The highest BCUT2D eigenvalue weighted by molar-refractivity contribution is 5.90. The number of amides is 1. The first-order chi connectivity index (χ1) is 20.7. The molecule has 0 unspecified atom stereocenters. The van der Waals surface area contributed by atoms with Crippen LogP contribution < -0.4 is 5.32 Å². The van der Waals surface area contributed by atoms with Crippen molar-refractivity contribution in [2.45, 2.75) is 64.7 Å². The van der Waals surface area contributed by atoms with Crippen LogP contribution in [0.4, 0.5) is 0 Å². The molecule has 0 heterocycles. The van der Waals surface area contributed by atoms with E-state index in [0.29, 0.717) is 5.56 Å². The van der Waals surface area contributed by atoms with E-state index in [1.807, 2.05) is 78.9 Å². The van der Waals surface area contributed by atoms with Crippen molar-refractivity contribution in [3.63, 3.8) is 0 Å². The maximum atomic E-state index is 12.4. The van der Waals surface area contributed by atoms with Gasteiger partial charge in [-0.15, -0.1) is 0 Å². The monoisotopic (exact) mass is 565 g/mol. The van der Waals surface area contributed by atoms with Crippen LogP contribution in [0.15, 0.2) is 128 Å². The first kappa shape index (κ1) is 34.0. The summed E-state index contributed by atoms with van der Waals surface area (Å²) in [5, 5.41) is 2.71. The summed E-state index contributed by atoms with van der Waals surface area (Å²) in [7, 11) is 0. The molecule has 0 aliphatic rings. The summed E-state index contributed by atoms with van der Waals surface area (Å²) in [5.41, 5.74) is 2.73. The van der Waals surface area contributed by atoms with Crippen LogP contribution in [0.2, 0.25) is 0 Å². The Morgan fingerprint density at radius 3 is 2.02 bits per heavy atom. The lowest BCUT2D eigenvalue weighted by molar-refractivity contribution is -0.116. The Bertz CT molecular complexity index is 1200. The predicted octanol–water partition coefficient (Wildman–Crippen LogP) is 9.03. The van der Waals surface area contributed by atoms with Crippen molar-refractivity contribution in [2.75, 3.05) is 13.2 Å². The molecule has 0 radical (unpaired) electrons. The topological polar surface area (TPSA) is 55.4 Å². The van der Waals surface area contributed by atoms with Gasteiger partial charge in [0.25, 0.3) is 0 Å². The molecular formula is C38H47NO3. The van der Waals surface area contributed by atoms with Gasteiger partial charge in [0, 0.05) is 6.08 Å². The van der Waals surface area contributed by atoms with E-state index < -0.39 is 5.97 Å². The first-order valence-electron chi connectivity index (χ1n) is 15.3. The molecule has 0 spiro atoms. The maximum absolute atomic E-state index is 12.4. The molecule has 2 aromatic carbocycles. The fourth-order valence-corrected chi connectivity index (χ4v) is 4.15. The van der Waals surface area contributed by atoms with Crippen LogP contribution in [0, 0.1) is 0 Å². The van der Waals surface area contributed by atoms with E-state index in [1.165, 1.54) is 56.6 Å². The van der Waals surface area contributed by atoms with Gasteiger partial charge in [0.05, 0.1) is 12.1 Å². The van der Waals surface area contributed by atoms with Crippen molar-refractivity contribution >= 4 is 11.9 Å². The first-order valence-corrected chi connectivity index (χ1v) is 15.3. The predicted molar refractivity (Wildman–Crippen MR) is 176 cm³/mol. The van der Waals surface area contributed by atoms with E-state index in [-0.39, 0.29) is 19.1 Å². The second-order valence-corrected chi connectivity index (χ2v) is 10.0. The van der Waals surface area contributed by atoms with Gasteiger partial charge in [-0.05, 0) is 42.5 Å². The molecule has 222 valence electrons. The van der Waals surface area contributed by atoms with Crippen LogP contribution >= 0.6 is 0 Å². The van der Waals surface area contributed by atoms with Crippen molar-refractivity contribution in [1.29, 1.82) is 0 Å². The highest BCUT2D eigenvalue weighted by Crippen LogP contribution is 2.12. The third-order valence-electron chi connectivity index (χ3n) is 6.41. The number of unbranched alkanes of at least 4 members (excludes halogenated alkanes) is 7. The summed E-state index contributed by atoms with van der Waals surface area (Å²) in [6.45, 7) is 2.61. The van der Waals surface area contributed by atoms with Crippen molar-refractivity contribution < 1.29 is 14.3 Å². The average molecular weight is 566 g/mol. The Hall–Kier alpha value is -4.18. The second-order valence-electron chi connectivity index (χ2n) is 10.0. The lowest BCUT2D eigenvalue weighted by Gasteiger charge is -2.07. The summed E-state index contributed by atoms with van der Waals surface area (Å²) in [6, 6.07) is 17.5. The zero-order valence-corrected chi connectivity index (χ0v) is 25.1. The number of esters is 1. The number of benzene rings is 2. The minimum Gasteiger partial charge on any atom is -0.460 e. The molecule has 0 bridgehead atoms. The average Bonchev–Trinajstić information content (AvgIpc) is 3.01. The molecule has 1 amide bonds. The van der Waals surface area contributed by atoms with Crippen LogP contribution in [0.25, 0.3) is 0 Å². The molecule has 2 aromatic rings. The summed E-state index contributed by atoms with van der Waals surface area (Å²) in [6.07, 6.45) is 34.3. The molecule has 0 saturated carbocycles. The van der Waals surface area contributed by atoms with E-state index >= 15 is 0 Å². The quantitative estimate of drug-likeness (QED) is 0.0754. The standard InChI is InChI=1S/C38H47NO3/c1-2-3-4-5-6-7-8-9-10-11-12-13-14-15-16-17-18-19-23-29-37(40)39-30-31-42-38(41)36-28-24-27-35(33-36)32-34-25-21-20-22-26-34/h10-29,33H,2-9,30-32H2,1H3,(H,39,40). The highest BCUT2D eigenvalue weighted by Gasteiger charge is 2.08. The van der Waals surface area contributed by atoms with Crippen LogP contribution in [0.5, 0.6) is 0 Å². The number of rotatable bonds is 20. The summed E-state index contributed by atoms with van der Waals surface area (Å²) in [5.74, 6) is -0.640. The van der Waals surface area contributed by atoms with Gasteiger partial charge in [0.2, 0.25) is 5.91 Å². The Balaban J connectivity index is 1.52.